The van der Waals surface area contributed by atoms with Gasteiger partial charge in [0.15, 0.2) is 0 Å². The SMILES string of the molecule is CCOc1cccc(OCCc2ccc(CN3CCN(C(=O)/C=C/c4ccc(Oc5ccc(OCc6ccc(C#N)cc6)cn5)c(Cl)c4)CC3)cc2)c1.Cl. The normalized spacial score (nSPS) is 12.8. The van der Waals surface area contributed by atoms with Crippen LogP contribution in [0.4, 0.5) is 0 Å². The van der Waals surface area contributed by atoms with E-state index in [9.17, 15) is 4.79 Å². The van der Waals surface area contributed by atoms with E-state index in [2.05, 4.69) is 40.2 Å². The molecule has 54 heavy (non-hydrogen) atoms. The number of hydrogen-bond acceptors (Lipinski definition) is 8. The summed E-state index contributed by atoms with van der Waals surface area (Å²) >= 11 is 6.52. The lowest BCUT2D eigenvalue weighted by atomic mass is 10.1. The Kier molecular flexibility index (Phi) is 14.7. The standard InChI is InChI=1S/C43H41ClN4O5.ClH/c1-2-50-37-4-3-5-38(27-37)51-25-20-32-6-10-35(11-7-32)30-47-21-23-48(24-22-47)43(49)19-15-33-14-17-41(40(44)26-33)53-42-18-16-39(29-46-42)52-31-36-12-8-34(28-45)9-13-36;/h3-19,26-27,29H,2,20-25,30-31H2,1H3;1H/b19-15+;. The first-order chi connectivity index (χ1) is 25.9. The van der Waals surface area contributed by atoms with Gasteiger partial charge in [-0.15, -0.1) is 12.4 Å². The Bertz CT molecular complexity index is 2030. The van der Waals surface area contributed by atoms with Crippen LogP contribution in [-0.4, -0.2) is 60.1 Å². The number of rotatable bonds is 15. The van der Waals surface area contributed by atoms with E-state index in [-0.39, 0.29) is 18.3 Å². The maximum atomic E-state index is 13.0. The number of piperazine rings is 1. The first-order valence-corrected chi connectivity index (χ1v) is 18.0. The molecule has 2 heterocycles. The van der Waals surface area contributed by atoms with E-state index in [0.29, 0.717) is 60.9 Å². The molecule has 1 aliphatic heterocycles. The van der Waals surface area contributed by atoms with Gasteiger partial charge in [-0.1, -0.05) is 60.1 Å². The van der Waals surface area contributed by atoms with Crippen molar-refractivity contribution < 1.29 is 23.7 Å². The Morgan fingerprint density at radius 3 is 2.24 bits per heavy atom. The molecule has 0 saturated carbocycles. The van der Waals surface area contributed by atoms with Crippen molar-refractivity contribution in [1.29, 1.82) is 5.26 Å². The number of hydrogen-bond donors (Lipinski definition) is 0. The zero-order valence-corrected chi connectivity index (χ0v) is 31.6. The molecule has 0 spiro atoms. The second-order valence-corrected chi connectivity index (χ2v) is 12.9. The van der Waals surface area contributed by atoms with Gasteiger partial charge < -0.3 is 23.8 Å². The van der Waals surface area contributed by atoms with Gasteiger partial charge in [-0.2, -0.15) is 5.26 Å². The van der Waals surface area contributed by atoms with E-state index in [1.165, 1.54) is 11.1 Å². The Morgan fingerprint density at radius 1 is 0.833 bits per heavy atom. The molecule has 0 unspecified atom stereocenters. The highest BCUT2D eigenvalue weighted by Gasteiger charge is 2.20. The van der Waals surface area contributed by atoms with Gasteiger partial charge in [0.25, 0.3) is 0 Å². The summed E-state index contributed by atoms with van der Waals surface area (Å²) in [6.45, 7) is 7.36. The number of carbonyl (C=O) groups is 1. The van der Waals surface area contributed by atoms with Gasteiger partial charge in [0.2, 0.25) is 11.8 Å². The third-order valence-electron chi connectivity index (χ3n) is 8.68. The van der Waals surface area contributed by atoms with Crippen molar-refractivity contribution in [3.05, 3.63) is 148 Å². The quantitative estimate of drug-likeness (QED) is 0.0977. The van der Waals surface area contributed by atoms with Crippen LogP contribution in [0.5, 0.6) is 28.9 Å². The van der Waals surface area contributed by atoms with Gasteiger partial charge in [-0.05, 0) is 77.7 Å². The van der Waals surface area contributed by atoms with Crippen LogP contribution in [0.2, 0.25) is 5.02 Å². The smallest absolute Gasteiger partial charge is 0.246 e. The van der Waals surface area contributed by atoms with Crippen LogP contribution in [0.1, 0.15) is 34.7 Å². The average Bonchev–Trinajstić information content (AvgIpc) is 3.19. The van der Waals surface area contributed by atoms with Gasteiger partial charge >= 0.3 is 0 Å². The minimum atomic E-state index is -0.0250. The van der Waals surface area contributed by atoms with Crippen molar-refractivity contribution in [2.75, 3.05) is 39.4 Å². The van der Waals surface area contributed by atoms with E-state index >= 15 is 0 Å². The minimum absolute atomic E-state index is 0. The molecule has 1 saturated heterocycles. The fourth-order valence-electron chi connectivity index (χ4n) is 5.75. The maximum absolute atomic E-state index is 13.0. The van der Waals surface area contributed by atoms with Crippen LogP contribution in [0.25, 0.3) is 6.08 Å². The summed E-state index contributed by atoms with van der Waals surface area (Å²) in [5.74, 6) is 3.01. The minimum Gasteiger partial charge on any atom is -0.494 e. The number of carbonyl (C=O) groups excluding carboxylic acids is 1. The summed E-state index contributed by atoms with van der Waals surface area (Å²) < 4.78 is 23.1. The van der Waals surface area contributed by atoms with Crippen molar-refractivity contribution in [2.45, 2.75) is 26.5 Å². The zero-order valence-electron chi connectivity index (χ0n) is 30.0. The van der Waals surface area contributed by atoms with Crippen molar-refractivity contribution in [3.63, 3.8) is 0 Å². The second kappa shape index (κ2) is 20.1. The summed E-state index contributed by atoms with van der Waals surface area (Å²) in [5.41, 5.74) is 4.82. The molecule has 0 bridgehead atoms. The monoisotopic (exact) mass is 764 g/mol. The van der Waals surface area contributed by atoms with Gasteiger partial charge in [0, 0.05) is 57.4 Å². The van der Waals surface area contributed by atoms with Crippen LogP contribution in [0.15, 0.2) is 115 Å². The molecule has 1 aliphatic rings. The topological polar surface area (TPSA) is 97.2 Å². The molecule has 4 aromatic carbocycles. The number of ether oxygens (including phenoxy) is 4. The van der Waals surface area contributed by atoms with Crippen molar-refractivity contribution in [1.82, 2.24) is 14.8 Å². The average molecular weight is 766 g/mol. The van der Waals surface area contributed by atoms with Crippen LogP contribution in [0.3, 0.4) is 0 Å². The molecule has 1 fully saturated rings. The lowest BCUT2D eigenvalue weighted by Crippen LogP contribution is -2.47. The van der Waals surface area contributed by atoms with Crippen LogP contribution >= 0.6 is 24.0 Å². The lowest BCUT2D eigenvalue weighted by molar-refractivity contribution is -0.127. The third kappa shape index (κ3) is 11.7. The molecule has 278 valence electrons. The fraction of sp³-hybridized carbons (Fsp3) is 0.233. The number of aromatic nitrogens is 1. The van der Waals surface area contributed by atoms with Crippen molar-refractivity contribution in [3.8, 4) is 34.9 Å². The number of pyridine rings is 1. The molecule has 9 nitrogen and oxygen atoms in total. The third-order valence-corrected chi connectivity index (χ3v) is 8.97. The summed E-state index contributed by atoms with van der Waals surface area (Å²) in [4.78, 5) is 21.6. The molecular formula is C43H42Cl2N4O5. The Morgan fingerprint density at radius 2 is 1.56 bits per heavy atom. The van der Waals surface area contributed by atoms with Crippen LogP contribution in [-0.2, 0) is 24.4 Å². The predicted molar refractivity (Wildman–Crippen MR) is 213 cm³/mol. The Balaban J connectivity index is 0.00000561. The van der Waals surface area contributed by atoms with Gasteiger partial charge in [0.05, 0.1) is 36.1 Å². The summed E-state index contributed by atoms with van der Waals surface area (Å²) in [7, 11) is 0. The molecule has 0 radical (unpaired) electrons. The number of halogens is 2. The van der Waals surface area contributed by atoms with E-state index in [0.717, 1.165) is 48.7 Å². The number of benzene rings is 4. The largest absolute Gasteiger partial charge is 0.494 e. The maximum Gasteiger partial charge on any atom is 0.246 e. The van der Waals surface area contributed by atoms with E-state index in [1.807, 2.05) is 54.3 Å². The van der Waals surface area contributed by atoms with Gasteiger partial charge in [-0.25, -0.2) is 4.98 Å². The predicted octanol–water partition coefficient (Wildman–Crippen LogP) is 8.78. The van der Waals surface area contributed by atoms with E-state index in [1.54, 1.807) is 54.7 Å². The summed E-state index contributed by atoms with van der Waals surface area (Å²) in [6, 6.07) is 34.6. The highest BCUT2D eigenvalue weighted by molar-refractivity contribution is 6.32. The fourth-order valence-corrected chi connectivity index (χ4v) is 5.97. The van der Waals surface area contributed by atoms with Crippen LogP contribution in [0, 0.1) is 11.3 Å². The van der Waals surface area contributed by atoms with Crippen LogP contribution < -0.4 is 18.9 Å². The molecule has 0 atom stereocenters. The second-order valence-electron chi connectivity index (χ2n) is 12.5. The summed E-state index contributed by atoms with van der Waals surface area (Å²) in [5, 5.41) is 9.35. The molecule has 0 aliphatic carbocycles. The molecule has 6 rings (SSSR count). The molecule has 1 aromatic heterocycles. The number of nitriles is 1. The number of nitrogens with zero attached hydrogens (tertiary/aromatic N) is 4. The molecule has 5 aromatic rings. The van der Waals surface area contributed by atoms with Crippen molar-refractivity contribution >= 4 is 36.0 Å². The molecular weight excluding hydrogens is 723 g/mol. The Labute approximate surface area is 327 Å². The summed E-state index contributed by atoms with van der Waals surface area (Å²) in [6.07, 6.45) is 5.77. The first kappa shape index (κ1) is 39.7. The Hall–Kier alpha value is -5.53. The zero-order chi connectivity index (χ0) is 36.8. The highest BCUT2D eigenvalue weighted by Crippen LogP contribution is 2.30. The van der Waals surface area contributed by atoms with Gasteiger partial charge in [-0.3, -0.25) is 9.69 Å². The highest BCUT2D eigenvalue weighted by atomic mass is 35.5. The first-order valence-electron chi connectivity index (χ1n) is 17.6. The molecule has 11 heteroatoms. The van der Waals surface area contributed by atoms with E-state index in [4.69, 9.17) is 35.8 Å². The van der Waals surface area contributed by atoms with Gasteiger partial charge in [0.1, 0.15) is 29.6 Å². The molecule has 0 N–H and O–H groups in total. The molecule has 1 amide bonds. The lowest BCUT2D eigenvalue weighted by Gasteiger charge is -2.34. The van der Waals surface area contributed by atoms with Crippen molar-refractivity contribution in [2.24, 2.45) is 0 Å². The number of amides is 1. The van der Waals surface area contributed by atoms with E-state index < -0.39 is 0 Å².